The van der Waals surface area contributed by atoms with Crippen LogP contribution in [0.3, 0.4) is 0 Å². The van der Waals surface area contributed by atoms with Crippen molar-refractivity contribution in [3.8, 4) is 0 Å². The highest BCUT2D eigenvalue weighted by atomic mass is 79.9. The first-order valence-electron chi connectivity index (χ1n) is 2.53. The number of hydrogen-bond acceptors (Lipinski definition) is 3. The summed E-state index contributed by atoms with van der Waals surface area (Å²) in [7, 11) is 0. The molecule has 0 unspecified atom stereocenters. The highest BCUT2D eigenvalue weighted by Crippen LogP contribution is 2.25. The van der Waals surface area contributed by atoms with Crippen LogP contribution in [0, 0.1) is 10.1 Å². The van der Waals surface area contributed by atoms with E-state index >= 15 is 0 Å². The van der Waals surface area contributed by atoms with Crippen molar-refractivity contribution in [1.29, 1.82) is 0 Å². The van der Waals surface area contributed by atoms with Gasteiger partial charge in [-0.25, -0.2) is 0 Å². The molecule has 10 heavy (non-hydrogen) atoms. The maximum atomic E-state index is 10.1. The van der Waals surface area contributed by atoms with Gasteiger partial charge in [0.05, 0.1) is 4.92 Å². The average molecular weight is 222 g/mol. The van der Waals surface area contributed by atoms with E-state index in [1.807, 2.05) is 0 Å². The number of nitro groups is 1. The molecular formula is C5H4BrNO2S. The van der Waals surface area contributed by atoms with Gasteiger partial charge >= 0.3 is 5.00 Å². The van der Waals surface area contributed by atoms with E-state index in [0.29, 0.717) is 5.33 Å². The van der Waals surface area contributed by atoms with E-state index < -0.39 is 0 Å². The van der Waals surface area contributed by atoms with Crippen molar-refractivity contribution in [1.82, 2.24) is 0 Å². The van der Waals surface area contributed by atoms with Gasteiger partial charge in [0.25, 0.3) is 0 Å². The molecule has 3 nitrogen and oxygen atoms in total. The fourth-order valence-corrected chi connectivity index (χ4v) is 1.74. The topological polar surface area (TPSA) is 43.1 Å². The van der Waals surface area contributed by atoms with Crippen molar-refractivity contribution >= 4 is 32.3 Å². The summed E-state index contributed by atoms with van der Waals surface area (Å²) in [5.74, 6) is 0. The highest BCUT2D eigenvalue weighted by molar-refractivity contribution is 9.08. The maximum absolute atomic E-state index is 10.1. The Balaban J connectivity index is 2.88. The van der Waals surface area contributed by atoms with Crippen LogP contribution in [0.25, 0.3) is 0 Å². The molecule has 0 fully saturated rings. The van der Waals surface area contributed by atoms with Crippen molar-refractivity contribution in [3.63, 3.8) is 0 Å². The van der Waals surface area contributed by atoms with Crippen LogP contribution in [0.2, 0.25) is 0 Å². The smallest absolute Gasteiger partial charge is 0.258 e. The Bertz CT molecular complexity index is 248. The van der Waals surface area contributed by atoms with E-state index in [1.54, 1.807) is 6.07 Å². The van der Waals surface area contributed by atoms with Gasteiger partial charge in [-0.15, -0.1) is 0 Å². The maximum Gasteiger partial charge on any atom is 0.324 e. The Morgan fingerprint density at radius 1 is 1.70 bits per heavy atom. The molecule has 54 valence electrons. The summed E-state index contributed by atoms with van der Waals surface area (Å²) in [4.78, 5) is 10.7. The fourth-order valence-electron chi connectivity index (χ4n) is 0.537. The van der Waals surface area contributed by atoms with Crippen LogP contribution in [0.5, 0.6) is 0 Å². The van der Waals surface area contributed by atoms with Crippen molar-refractivity contribution < 1.29 is 4.92 Å². The van der Waals surface area contributed by atoms with Crippen LogP contribution in [-0.2, 0) is 5.33 Å². The summed E-state index contributed by atoms with van der Waals surface area (Å²) >= 11 is 4.40. The Labute approximate surface area is 70.0 Å². The predicted molar refractivity (Wildman–Crippen MR) is 43.6 cm³/mol. The lowest BCUT2D eigenvalue weighted by Gasteiger charge is -1.80. The molecule has 0 N–H and O–H groups in total. The third-order valence-corrected chi connectivity index (χ3v) is 2.97. The van der Waals surface area contributed by atoms with Gasteiger partial charge < -0.3 is 0 Å². The van der Waals surface area contributed by atoms with E-state index in [-0.39, 0.29) is 9.92 Å². The van der Waals surface area contributed by atoms with Gasteiger partial charge in [-0.2, -0.15) is 0 Å². The van der Waals surface area contributed by atoms with Crippen LogP contribution >= 0.6 is 27.3 Å². The standard InChI is InChI=1S/C5H4BrNO2S/c6-3-4-1-2-5(10-4)7(8)9/h1-2H,3H2. The zero-order valence-corrected chi connectivity index (χ0v) is 7.31. The van der Waals surface area contributed by atoms with E-state index in [1.165, 1.54) is 17.4 Å². The van der Waals surface area contributed by atoms with Crippen LogP contribution in [0.1, 0.15) is 4.88 Å². The zero-order chi connectivity index (χ0) is 7.56. The first kappa shape index (κ1) is 7.68. The summed E-state index contributed by atoms with van der Waals surface area (Å²) in [5.41, 5.74) is 0. The Morgan fingerprint density at radius 3 is 2.70 bits per heavy atom. The number of nitrogens with zero attached hydrogens (tertiary/aromatic N) is 1. The molecule has 0 saturated carbocycles. The third kappa shape index (κ3) is 1.54. The Hall–Kier alpha value is -0.420. The quantitative estimate of drug-likeness (QED) is 0.438. The number of hydrogen-bond donors (Lipinski definition) is 0. The fraction of sp³-hybridized carbons (Fsp3) is 0.200. The number of alkyl halides is 1. The molecule has 0 aliphatic rings. The lowest BCUT2D eigenvalue weighted by atomic mass is 10.5. The molecule has 0 spiro atoms. The molecule has 0 atom stereocenters. The van der Waals surface area contributed by atoms with Crippen LogP contribution in [-0.4, -0.2) is 4.92 Å². The molecule has 1 aromatic rings. The Morgan fingerprint density at radius 2 is 2.40 bits per heavy atom. The van der Waals surface area contributed by atoms with Gasteiger partial charge in [0.2, 0.25) is 0 Å². The second-order valence-electron chi connectivity index (χ2n) is 1.63. The molecule has 1 rings (SSSR count). The van der Waals surface area contributed by atoms with Crippen molar-refractivity contribution in [2.24, 2.45) is 0 Å². The SMILES string of the molecule is O=[N+]([O-])c1ccc(CBr)s1. The Kier molecular flexibility index (Phi) is 2.39. The lowest BCUT2D eigenvalue weighted by molar-refractivity contribution is -0.380. The molecule has 1 aromatic heterocycles. The van der Waals surface area contributed by atoms with E-state index in [4.69, 9.17) is 0 Å². The van der Waals surface area contributed by atoms with Gasteiger partial charge in [-0.3, -0.25) is 10.1 Å². The van der Waals surface area contributed by atoms with E-state index in [9.17, 15) is 10.1 Å². The molecule has 0 bridgehead atoms. The molecule has 0 radical (unpaired) electrons. The minimum absolute atomic E-state index is 0.203. The largest absolute Gasteiger partial charge is 0.324 e. The summed E-state index contributed by atoms with van der Waals surface area (Å²) in [5, 5.41) is 11.0. The number of halogens is 1. The van der Waals surface area contributed by atoms with Gasteiger partial charge in [0.1, 0.15) is 0 Å². The minimum Gasteiger partial charge on any atom is -0.258 e. The number of thiophene rings is 1. The van der Waals surface area contributed by atoms with Gasteiger partial charge in [0.15, 0.2) is 0 Å². The van der Waals surface area contributed by atoms with Crippen molar-refractivity contribution in [2.45, 2.75) is 5.33 Å². The third-order valence-electron chi connectivity index (χ3n) is 0.959. The lowest BCUT2D eigenvalue weighted by Crippen LogP contribution is -1.80. The second kappa shape index (κ2) is 3.12. The highest BCUT2D eigenvalue weighted by Gasteiger charge is 2.07. The molecule has 1 heterocycles. The van der Waals surface area contributed by atoms with Gasteiger partial charge in [-0.1, -0.05) is 27.3 Å². The van der Waals surface area contributed by atoms with Crippen LogP contribution < -0.4 is 0 Å². The first-order valence-corrected chi connectivity index (χ1v) is 4.47. The first-order chi connectivity index (χ1) is 4.74. The number of rotatable bonds is 2. The summed E-state index contributed by atoms with van der Waals surface area (Å²) in [6, 6.07) is 3.26. The average Bonchev–Trinajstić information content (AvgIpc) is 2.34. The normalized spacial score (nSPS) is 9.70. The van der Waals surface area contributed by atoms with Gasteiger partial charge in [-0.05, 0) is 6.07 Å². The molecular weight excluding hydrogens is 218 g/mol. The van der Waals surface area contributed by atoms with Crippen molar-refractivity contribution in [2.75, 3.05) is 0 Å². The molecule has 0 aromatic carbocycles. The van der Waals surface area contributed by atoms with Crippen LogP contribution in [0.15, 0.2) is 12.1 Å². The second-order valence-corrected chi connectivity index (χ2v) is 3.34. The summed E-state index contributed by atoms with van der Waals surface area (Å²) in [6.45, 7) is 0. The van der Waals surface area contributed by atoms with Gasteiger partial charge in [0, 0.05) is 16.3 Å². The minimum atomic E-state index is -0.378. The molecule has 0 amide bonds. The summed E-state index contributed by atoms with van der Waals surface area (Å²) < 4.78 is 0. The van der Waals surface area contributed by atoms with E-state index in [0.717, 1.165) is 4.88 Å². The zero-order valence-electron chi connectivity index (χ0n) is 4.91. The molecule has 0 saturated heterocycles. The predicted octanol–water partition coefficient (Wildman–Crippen LogP) is 2.55. The van der Waals surface area contributed by atoms with Crippen LogP contribution in [0.4, 0.5) is 5.00 Å². The summed E-state index contributed by atoms with van der Waals surface area (Å²) in [6.07, 6.45) is 0. The monoisotopic (exact) mass is 221 g/mol. The molecule has 5 heteroatoms. The molecule has 0 aliphatic heterocycles. The molecule has 0 aliphatic carbocycles. The van der Waals surface area contributed by atoms with E-state index in [2.05, 4.69) is 15.9 Å². The van der Waals surface area contributed by atoms with Crippen molar-refractivity contribution in [3.05, 3.63) is 27.1 Å².